The lowest BCUT2D eigenvalue weighted by molar-refractivity contribution is 0.281. The molecule has 134 valence electrons. The van der Waals surface area contributed by atoms with Crippen molar-refractivity contribution in [3.05, 3.63) is 60.3 Å². The number of nitrogens with two attached hydrogens (primary N) is 1. The van der Waals surface area contributed by atoms with Crippen molar-refractivity contribution in [2.45, 2.75) is 6.54 Å². The highest BCUT2D eigenvalue weighted by Crippen LogP contribution is 2.26. The summed E-state index contributed by atoms with van der Waals surface area (Å²) in [6.07, 6.45) is 3.74. The fourth-order valence-electron chi connectivity index (χ4n) is 2.72. The zero-order chi connectivity index (χ0) is 18.4. The Kier molecular flexibility index (Phi) is 5.70. The second-order valence-electron chi connectivity index (χ2n) is 5.53. The van der Waals surface area contributed by atoms with Gasteiger partial charge in [-0.25, -0.2) is 0 Å². The van der Waals surface area contributed by atoms with Gasteiger partial charge in [0, 0.05) is 22.7 Å². The number of hydrogen-bond donors (Lipinski definition) is 2. The quantitative estimate of drug-likeness (QED) is 0.381. The van der Waals surface area contributed by atoms with Crippen molar-refractivity contribution in [3.8, 4) is 11.5 Å². The molecule has 1 heterocycles. The number of methoxy groups -OCH3 is 1. The normalized spacial score (nSPS) is 11.0. The van der Waals surface area contributed by atoms with E-state index in [4.69, 9.17) is 27.4 Å². The zero-order valence-corrected chi connectivity index (χ0v) is 15.2. The van der Waals surface area contributed by atoms with Gasteiger partial charge in [0.2, 0.25) is 0 Å². The van der Waals surface area contributed by atoms with Crippen molar-refractivity contribution in [2.75, 3.05) is 13.7 Å². The molecule has 0 saturated heterocycles. The maximum Gasteiger partial charge on any atom is 0.184 e. The van der Waals surface area contributed by atoms with Crippen LogP contribution in [0.25, 0.3) is 10.9 Å². The van der Waals surface area contributed by atoms with E-state index in [9.17, 15) is 0 Å². The number of fused-ring (bicyclic) bond motifs is 1. The minimum atomic E-state index is 0.134. The van der Waals surface area contributed by atoms with Crippen LogP contribution in [0.2, 0.25) is 0 Å². The maximum absolute atomic E-state index is 5.88. The van der Waals surface area contributed by atoms with Crippen molar-refractivity contribution in [3.63, 3.8) is 0 Å². The van der Waals surface area contributed by atoms with Crippen molar-refractivity contribution in [1.29, 1.82) is 0 Å². The molecule has 0 aliphatic rings. The van der Waals surface area contributed by atoms with Crippen LogP contribution in [0.15, 0.2) is 59.8 Å². The smallest absolute Gasteiger partial charge is 0.184 e. The van der Waals surface area contributed by atoms with E-state index in [-0.39, 0.29) is 5.11 Å². The van der Waals surface area contributed by atoms with Gasteiger partial charge in [0.25, 0.3) is 0 Å². The molecule has 0 saturated carbocycles. The number of nitrogens with one attached hydrogen (secondary N) is 1. The Bertz CT molecular complexity index is 936. The second-order valence-corrected chi connectivity index (χ2v) is 5.97. The summed E-state index contributed by atoms with van der Waals surface area (Å²) in [5, 5.41) is 5.28. The molecule has 3 aromatic rings. The molecule has 0 radical (unpaired) electrons. The van der Waals surface area contributed by atoms with Gasteiger partial charge in [-0.2, -0.15) is 5.10 Å². The predicted octanol–water partition coefficient (Wildman–Crippen LogP) is 2.90. The van der Waals surface area contributed by atoms with Gasteiger partial charge in [0.05, 0.1) is 19.9 Å². The summed E-state index contributed by atoms with van der Waals surface area (Å²) in [6.45, 7) is 1.20. The zero-order valence-electron chi connectivity index (χ0n) is 14.4. The van der Waals surface area contributed by atoms with E-state index >= 15 is 0 Å². The molecule has 26 heavy (non-hydrogen) atoms. The van der Waals surface area contributed by atoms with Gasteiger partial charge < -0.3 is 19.8 Å². The van der Waals surface area contributed by atoms with Gasteiger partial charge in [-0.1, -0.05) is 30.3 Å². The van der Waals surface area contributed by atoms with Crippen LogP contribution in [0, 0.1) is 0 Å². The number of thiocarbonyl (C=S) groups is 1. The van der Waals surface area contributed by atoms with E-state index in [1.807, 2.05) is 42.6 Å². The van der Waals surface area contributed by atoms with E-state index in [1.54, 1.807) is 13.3 Å². The lowest BCUT2D eigenvalue weighted by atomic mass is 10.2. The minimum absolute atomic E-state index is 0.134. The van der Waals surface area contributed by atoms with Gasteiger partial charge in [-0.15, -0.1) is 0 Å². The Labute approximate surface area is 157 Å². The monoisotopic (exact) mass is 368 g/mol. The first-order chi connectivity index (χ1) is 12.7. The highest BCUT2D eigenvalue weighted by atomic mass is 32.1. The topological polar surface area (TPSA) is 73.8 Å². The number of nitrogens with zero attached hydrogens (tertiary/aromatic N) is 2. The standard InChI is InChI=1S/C19H20N4O2S/c1-24-17-8-4-5-9-18(17)25-11-10-23-13-14(12-21-22-19(20)26)15-6-2-3-7-16(15)23/h2-9,12-13H,10-11H2,1H3,(H3,20,22,26)/b21-12-. The average molecular weight is 368 g/mol. The van der Waals surface area contributed by atoms with Crippen LogP contribution < -0.4 is 20.6 Å². The number of para-hydroxylation sites is 3. The number of hydrogen-bond acceptors (Lipinski definition) is 4. The SMILES string of the molecule is COc1ccccc1OCCn1cc(/C=N\NC(N)=S)c2ccccc21. The number of ether oxygens (including phenoxy) is 2. The Balaban J connectivity index is 1.75. The molecule has 0 aliphatic heterocycles. The largest absolute Gasteiger partial charge is 0.493 e. The van der Waals surface area contributed by atoms with Gasteiger partial charge in [0.1, 0.15) is 6.61 Å². The van der Waals surface area contributed by atoms with Crippen LogP contribution in [0.1, 0.15) is 5.56 Å². The van der Waals surface area contributed by atoms with Crippen molar-refractivity contribution >= 4 is 34.4 Å². The summed E-state index contributed by atoms with van der Waals surface area (Å²) in [6, 6.07) is 15.7. The van der Waals surface area contributed by atoms with E-state index < -0.39 is 0 Å². The lowest BCUT2D eigenvalue weighted by Crippen LogP contribution is -2.23. The fraction of sp³-hybridized carbons (Fsp3) is 0.158. The third-order valence-corrected chi connectivity index (χ3v) is 3.95. The number of rotatable bonds is 7. The molecule has 3 N–H and O–H groups in total. The van der Waals surface area contributed by atoms with E-state index in [2.05, 4.69) is 27.2 Å². The molecule has 0 aliphatic carbocycles. The summed E-state index contributed by atoms with van der Waals surface area (Å²) in [4.78, 5) is 0. The Morgan fingerprint density at radius 3 is 2.69 bits per heavy atom. The van der Waals surface area contributed by atoms with Crippen LogP contribution in [0.4, 0.5) is 0 Å². The highest BCUT2D eigenvalue weighted by Gasteiger charge is 2.07. The summed E-state index contributed by atoms with van der Waals surface area (Å²) in [5.74, 6) is 1.45. The number of hydrazone groups is 1. The average Bonchev–Trinajstić information content (AvgIpc) is 3.00. The van der Waals surface area contributed by atoms with Crippen LogP contribution in [0.5, 0.6) is 11.5 Å². The van der Waals surface area contributed by atoms with Crippen LogP contribution in [-0.4, -0.2) is 29.6 Å². The second kappa shape index (κ2) is 8.35. The minimum Gasteiger partial charge on any atom is -0.493 e. The Morgan fingerprint density at radius 2 is 1.92 bits per heavy atom. The molecule has 6 nitrogen and oxygen atoms in total. The summed E-state index contributed by atoms with van der Waals surface area (Å²) >= 11 is 4.76. The molecule has 3 rings (SSSR count). The van der Waals surface area contributed by atoms with E-state index in [0.717, 1.165) is 28.0 Å². The summed E-state index contributed by atoms with van der Waals surface area (Å²) in [5.41, 5.74) is 10.0. The third kappa shape index (κ3) is 4.12. The molecule has 7 heteroatoms. The van der Waals surface area contributed by atoms with Gasteiger partial charge in [0.15, 0.2) is 16.6 Å². The fourth-order valence-corrected chi connectivity index (χ4v) is 2.77. The lowest BCUT2D eigenvalue weighted by Gasteiger charge is -2.11. The maximum atomic E-state index is 5.88. The molecule has 0 unspecified atom stereocenters. The molecule has 0 amide bonds. The molecule has 0 bridgehead atoms. The number of benzene rings is 2. The van der Waals surface area contributed by atoms with Crippen LogP contribution >= 0.6 is 12.2 Å². The van der Waals surface area contributed by atoms with Crippen LogP contribution in [0.3, 0.4) is 0 Å². The van der Waals surface area contributed by atoms with E-state index in [1.165, 1.54) is 0 Å². The summed E-state index contributed by atoms with van der Waals surface area (Å²) in [7, 11) is 1.63. The van der Waals surface area contributed by atoms with Gasteiger partial charge in [-0.3, -0.25) is 5.43 Å². The first-order valence-electron chi connectivity index (χ1n) is 8.11. The first-order valence-corrected chi connectivity index (χ1v) is 8.52. The van der Waals surface area contributed by atoms with Crippen LogP contribution in [-0.2, 0) is 6.54 Å². The van der Waals surface area contributed by atoms with Crippen molar-refractivity contribution < 1.29 is 9.47 Å². The van der Waals surface area contributed by atoms with Crippen molar-refractivity contribution in [2.24, 2.45) is 10.8 Å². The molecule has 1 aromatic heterocycles. The molecule has 2 aromatic carbocycles. The third-order valence-electron chi connectivity index (χ3n) is 3.86. The van der Waals surface area contributed by atoms with Gasteiger partial charge >= 0.3 is 0 Å². The predicted molar refractivity (Wildman–Crippen MR) is 108 cm³/mol. The Morgan fingerprint density at radius 1 is 1.19 bits per heavy atom. The first kappa shape index (κ1) is 17.8. The molecule has 0 fully saturated rings. The molecular formula is C19H20N4O2S. The van der Waals surface area contributed by atoms with Gasteiger partial charge in [-0.05, 0) is 30.4 Å². The molecular weight excluding hydrogens is 348 g/mol. The number of aromatic nitrogens is 1. The van der Waals surface area contributed by atoms with Crippen molar-refractivity contribution in [1.82, 2.24) is 9.99 Å². The molecule has 0 spiro atoms. The summed E-state index contributed by atoms with van der Waals surface area (Å²) < 4.78 is 13.3. The highest BCUT2D eigenvalue weighted by molar-refractivity contribution is 7.80. The molecule has 0 atom stereocenters. The van der Waals surface area contributed by atoms with E-state index in [0.29, 0.717) is 13.2 Å². The Hall–Kier alpha value is -3.06.